The van der Waals surface area contributed by atoms with Crippen molar-refractivity contribution in [1.82, 2.24) is 9.97 Å². The first-order chi connectivity index (χ1) is 21.6. The average molecular weight is 642 g/mol. The summed E-state index contributed by atoms with van der Waals surface area (Å²) in [7, 11) is 1.45. The molecule has 0 bridgehead atoms. The summed E-state index contributed by atoms with van der Waals surface area (Å²) in [5, 5.41) is 0. The lowest BCUT2D eigenvalue weighted by Gasteiger charge is -2.36. The van der Waals surface area contributed by atoms with Crippen molar-refractivity contribution in [2.75, 3.05) is 47.9 Å². The molecule has 0 radical (unpaired) electrons. The summed E-state index contributed by atoms with van der Waals surface area (Å²) < 4.78 is 81.9. The molecule has 1 fully saturated rings. The Hall–Kier alpha value is -4.61. The molecule has 46 heavy (non-hydrogen) atoms. The number of pyridine rings is 2. The van der Waals surface area contributed by atoms with Crippen LogP contribution >= 0.6 is 0 Å². The Morgan fingerprint density at radius 1 is 0.717 bits per heavy atom. The standard InChI is InChI=1S/C34H33F6N5O/c1-22-9-5-6-10-26(22)27-20-30(45-15-13-44(14-16-45)29-11-7-8-12-41-29)42-21-28(27)43(4)31(46)32(2,3)23-17-24(33(35,36)37)19-25(18-23)34(38,39)40/h5-12,17-21H,13-16H2,1-4H3. The van der Waals surface area contributed by atoms with Gasteiger partial charge in [-0.15, -0.1) is 0 Å². The lowest BCUT2D eigenvalue weighted by Crippen LogP contribution is -2.47. The van der Waals surface area contributed by atoms with Crippen molar-refractivity contribution in [2.45, 2.75) is 38.5 Å². The fourth-order valence-corrected chi connectivity index (χ4v) is 5.64. The molecule has 242 valence electrons. The predicted molar refractivity (Wildman–Crippen MR) is 166 cm³/mol. The molecule has 0 saturated carbocycles. The van der Waals surface area contributed by atoms with Crippen molar-refractivity contribution in [3.63, 3.8) is 0 Å². The number of hydrogen-bond acceptors (Lipinski definition) is 5. The number of nitrogens with zero attached hydrogens (tertiary/aromatic N) is 5. The fraction of sp³-hybridized carbons (Fsp3) is 0.324. The highest BCUT2D eigenvalue weighted by Gasteiger charge is 2.41. The summed E-state index contributed by atoms with van der Waals surface area (Å²) in [5.41, 5.74) is -2.38. The van der Waals surface area contributed by atoms with Gasteiger partial charge in [0.2, 0.25) is 5.91 Å². The molecule has 2 aromatic carbocycles. The van der Waals surface area contributed by atoms with Crippen molar-refractivity contribution in [1.29, 1.82) is 0 Å². The minimum Gasteiger partial charge on any atom is -0.353 e. The minimum atomic E-state index is -5.04. The van der Waals surface area contributed by atoms with Crippen LogP contribution in [0.2, 0.25) is 0 Å². The van der Waals surface area contributed by atoms with Crippen LogP contribution in [-0.4, -0.2) is 49.1 Å². The second kappa shape index (κ2) is 12.3. The molecule has 0 aliphatic carbocycles. The highest BCUT2D eigenvalue weighted by molar-refractivity contribution is 6.03. The number of hydrogen-bond donors (Lipinski definition) is 0. The van der Waals surface area contributed by atoms with E-state index in [-0.39, 0.29) is 6.07 Å². The topological polar surface area (TPSA) is 52.6 Å². The van der Waals surface area contributed by atoms with Gasteiger partial charge >= 0.3 is 12.4 Å². The van der Waals surface area contributed by atoms with Gasteiger partial charge in [0.05, 0.1) is 28.4 Å². The highest BCUT2D eigenvalue weighted by Crippen LogP contribution is 2.41. The number of carbonyl (C=O) groups excluding carboxylic acids is 1. The minimum absolute atomic E-state index is 0.0584. The SMILES string of the molecule is Cc1ccccc1-c1cc(N2CCN(c3ccccn3)CC2)ncc1N(C)C(=O)C(C)(C)c1cc(C(F)(F)F)cc(C(F)(F)F)c1. The summed E-state index contributed by atoms with van der Waals surface area (Å²) in [4.78, 5) is 28.7. The Kier molecular flexibility index (Phi) is 8.76. The zero-order chi connectivity index (χ0) is 33.4. The van der Waals surface area contributed by atoms with Gasteiger partial charge in [-0.25, -0.2) is 9.97 Å². The number of likely N-dealkylation sites (N-methyl/N-ethyl adjacent to an activating group) is 1. The van der Waals surface area contributed by atoms with E-state index >= 15 is 0 Å². The van der Waals surface area contributed by atoms with Crippen LogP contribution in [0, 0.1) is 6.92 Å². The van der Waals surface area contributed by atoms with Gasteiger partial charge in [-0.3, -0.25) is 4.79 Å². The Morgan fingerprint density at radius 2 is 1.26 bits per heavy atom. The monoisotopic (exact) mass is 641 g/mol. The van der Waals surface area contributed by atoms with E-state index in [0.29, 0.717) is 55.4 Å². The lowest BCUT2D eigenvalue weighted by molar-refractivity contribution is -0.143. The molecule has 0 unspecified atom stereocenters. The molecule has 0 spiro atoms. The van der Waals surface area contributed by atoms with E-state index < -0.39 is 40.4 Å². The number of anilines is 3. The zero-order valence-electron chi connectivity index (χ0n) is 25.7. The molecule has 1 aliphatic heterocycles. The largest absolute Gasteiger partial charge is 0.416 e. The summed E-state index contributed by atoms with van der Waals surface area (Å²) in [6, 6.07) is 16.4. The van der Waals surface area contributed by atoms with Crippen LogP contribution in [0.1, 0.15) is 36.1 Å². The van der Waals surface area contributed by atoms with Gasteiger partial charge in [-0.1, -0.05) is 30.3 Å². The summed E-state index contributed by atoms with van der Waals surface area (Å²) in [6.07, 6.45) is -6.80. The number of carbonyl (C=O) groups is 1. The molecule has 6 nitrogen and oxygen atoms in total. The van der Waals surface area contributed by atoms with Crippen LogP contribution in [0.25, 0.3) is 11.1 Å². The third-order valence-electron chi connectivity index (χ3n) is 8.39. The van der Waals surface area contributed by atoms with Crippen molar-refractivity contribution in [2.24, 2.45) is 0 Å². The molecule has 3 heterocycles. The maximum atomic E-state index is 14.0. The van der Waals surface area contributed by atoms with Gasteiger partial charge in [0.25, 0.3) is 0 Å². The molecule has 1 aliphatic rings. The third-order valence-corrected chi connectivity index (χ3v) is 8.39. The Balaban J connectivity index is 1.50. The van der Waals surface area contributed by atoms with E-state index in [1.54, 1.807) is 6.20 Å². The number of piperazine rings is 1. The molecular weight excluding hydrogens is 608 g/mol. The molecule has 1 amide bonds. The van der Waals surface area contributed by atoms with Crippen molar-refractivity contribution in [3.05, 3.63) is 101 Å². The Bertz CT molecular complexity index is 1680. The van der Waals surface area contributed by atoms with E-state index in [1.165, 1.54) is 32.0 Å². The summed E-state index contributed by atoms with van der Waals surface area (Å²) in [5.74, 6) is 0.862. The van der Waals surface area contributed by atoms with Gasteiger partial charge in [-0.2, -0.15) is 26.3 Å². The van der Waals surface area contributed by atoms with Gasteiger partial charge in [-0.05, 0) is 73.9 Å². The first-order valence-electron chi connectivity index (χ1n) is 14.6. The van der Waals surface area contributed by atoms with Crippen LogP contribution < -0.4 is 14.7 Å². The van der Waals surface area contributed by atoms with Gasteiger partial charge in [0.15, 0.2) is 0 Å². The fourth-order valence-electron chi connectivity index (χ4n) is 5.64. The number of aryl methyl sites for hydroxylation is 1. The van der Waals surface area contributed by atoms with Crippen LogP contribution in [0.4, 0.5) is 43.7 Å². The van der Waals surface area contributed by atoms with Crippen LogP contribution in [0.3, 0.4) is 0 Å². The Labute approximate surface area is 263 Å². The number of benzene rings is 2. The van der Waals surface area contributed by atoms with E-state index in [2.05, 4.69) is 19.8 Å². The predicted octanol–water partition coefficient (Wildman–Crippen LogP) is 7.76. The van der Waals surface area contributed by atoms with Gasteiger partial charge in [0.1, 0.15) is 11.6 Å². The number of alkyl halides is 6. The quantitative estimate of drug-likeness (QED) is 0.202. The molecule has 0 N–H and O–H groups in total. The van der Waals surface area contributed by atoms with E-state index in [4.69, 9.17) is 0 Å². The van der Waals surface area contributed by atoms with Crippen LogP contribution in [0.15, 0.2) is 79.1 Å². The number of rotatable bonds is 6. The second-order valence-electron chi connectivity index (χ2n) is 11.8. The van der Waals surface area contributed by atoms with Crippen LogP contribution in [-0.2, 0) is 22.6 Å². The van der Waals surface area contributed by atoms with Gasteiger partial charge < -0.3 is 14.7 Å². The second-order valence-corrected chi connectivity index (χ2v) is 11.8. The zero-order valence-corrected chi connectivity index (χ0v) is 25.7. The first kappa shape index (κ1) is 32.8. The normalized spacial score (nSPS) is 14.4. The highest BCUT2D eigenvalue weighted by atomic mass is 19.4. The van der Waals surface area contributed by atoms with E-state index in [9.17, 15) is 31.1 Å². The van der Waals surface area contributed by atoms with Crippen molar-refractivity contribution in [3.8, 4) is 11.1 Å². The lowest BCUT2D eigenvalue weighted by atomic mass is 9.81. The summed E-state index contributed by atoms with van der Waals surface area (Å²) >= 11 is 0. The molecule has 1 saturated heterocycles. The molecule has 5 rings (SSSR count). The van der Waals surface area contributed by atoms with Crippen molar-refractivity contribution >= 4 is 23.2 Å². The van der Waals surface area contributed by atoms with Gasteiger partial charge in [0, 0.05) is 45.0 Å². The van der Waals surface area contributed by atoms with E-state index in [1.807, 2.05) is 55.5 Å². The molecular formula is C34H33F6N5O. The number of halogens is 6. The molecule has 12 heteroatoms. The molecule has 0 atom stereocenters. The number of aromatic nitrogens is 2. The van der Waals surface area contributed by atoms with Crippen molar-refractivity contribution < 1.29 is 31.1 Å². The third kappa shape index (κ3) is 6.66. The smallest absolute Gasteiger partial charge is 0.353 e. The average Bonchev–Trinajstić information content (AvgIpc) is 3.03. The number of amides is 1. The molecule has 4 aromatic rings. The van der Waals surface area contributed by atoms with Crippen LogP contribution in [0.5, 0.6) is 0 Å². The molecule has 2 aromatic heterocycles. The van der Waals surface area contributed by atoms with E-state index in [0.717, 1.165) is 16.9 Å². The maximum absolute atomic E-state index is 14.0. The first-order valence-corrected chi connectivity index (χ1v) is 14.6. The Morgan fingerprint density at radius 3 is 1.80 bits per heavy atom. The maximum Gasteiger partial charge on any atom is 0.416 e. The summed E-state index contributed by atoms with van der Waals surface area (Å²) in [6.45, 7) is 7.30.